The van der Waals surface area contributed by atoms with E-state index < -0.39 is 11.5 Å². The van der Waals surface area contributed by atoms with Crippen LogP contribution in [0.15, 0.2) is 0 Å². The fourth-order valence-corrected chi connectivity index (χ4v) is 2.17. The van der Waals surface area contributed by atoms with Crippen LogP contribution in [-0.2, 0) is 16.6 Å². The zero-order valence-electron chi connectivity index (χ0n) is 8.33. The maximum Gasteiger partial charge on any atom is 0.317 e. The minimum atomic E-state index is -0.899. The molecule has 0 aliphatic rings. The number of aliphatic carboxylic acids is 1. The van der Waals surface area contributed by atoms with Gasteiger partial charge in [-0.05, 0) is 13.1 Å². The molecule has 0 aromatic carbocycles. The van der Waals surface area contributed by atoms with Gasteiger partial charge in [0.1, 0.15) is 0 Å². The molecule has 0 bridgehead atoms. The molecule has 7 heteroatoms. The van der Waals surface area contributed by atoms with Crippen LogP contribution in [0.3, 0.4) is 0 Å². The number of hydrogen-bond acceptors (Lipinski definition) is 5. The van der Waals surface area contributed by atoms with Crippen LogP contribution < -0.4 is 16.0 Å². The molecule has 0 radical (unpaired) electrons. The molecular formula is C7H16N3O2PS. The summed E-state index contributed by atoms with van der Waals surface area (Å²) in [6, 6.07) is 0. The van der Waals surface area contributed by atoms with E-state index in [0.29, 0.717) is 20.4 Å². The fraction of sp³-hybridized carbons (Fsp3) is 0.857. The Hall–Kier alpha value is -0.130. The van der Waals surface area contributed by atoms with E-state index in [0.717, 1.165) is 0 Å². The van der Waals surface area contributed by atoms with E-state index >= 15 is 0 Å². The van der Waals surface area contributed by atoms with E-state index in [1.807, 2.05) is 13.8 Å². The summed E-state index contributed by atoms with van der Waals surface area (Å²) in [7, 11) is 0.607. The van der Waals surface area contributed by atoms with Crippen molar-refractivity contribution in [3.8, 4) is 0 Å². The average Bonchev–Trinajstić information content (AvgIpc) is 2.15. The van der Waals surface area contributed by atoms with E-state index in [1.54, 1.807) is 0 Å². The highest BCUT2D eigenvalue weighted by Gasteiger charge is 2.25. The highest BCUT2D eigenvalue weighted by molar-refractivity contribution is 7.97. The molecule has 0 aliphatic heterocycles. The molecule has 0 spiro atoms. The van der Waals surface area contributed by atoms with Crippen LogP contribution >= 0.6 is 7.36 Å². The minimum Gasteiger partial charge on any atom is -0.480 e. The average molecular weight is 237 g/mol. The Bertz CT molecular complexity index is 197. The van der Waals surface area contributed by atoms with Crippen molar-refractivity contribution in [1.29, 1.82) is 0 Å². The van der Waals surface area contributed by atoms with Crippen molar-refractivity contribution >= 4 is 25.1 Å². The van der Waals surface area contributed by atoms with Gasteiger partial charge in [0.15, 0.2) is 5.53 Å². The molecule has 0 aromatic heterocycles. The van der Waals surface area contributed by atoms with Gasteiger partial charge in [0.25, 0.3) is 0 Å². The second-order valence-electron chi connectivity index (χ2n) is 2.61. The van der Waals surface area contributed by atoms with Gasteiger partial charge < -0.3 is 5.11 Å². The zero-order valence-corrected chi connectivity index (χ0v) is 10.0. The van der Waals surface area contributed by atoms with Crippen LogP contribution in [0.4, 0.5) is 0 Å². The van der Waals surface area contributed by atoms with Gasteiger partial charge in [0.2, 0.25) is 0 Å². The van der Waals surface area contributed by atoms with Gasteiger partial charge >= 0.3 is 5.97 Å². The molecule has 0 unspecified atom stereocenters. The maximum absolute atomic E-state index is 10.4. The Morgan fingerprint density at radius 3 is 2.14 bits per heavy atom. The first kappa shape index (κ1) is 13.9. The molecule has 14 heavy (non-hydrogen) atoms. The first-order chi connectivity index (χ1) is 6.60. The SMILES string of the molecule is CCNC(NCC)(NCC(=O)O)P=S. The van der Waals surface area contributed by atoms with Crippen LogP contribution in [0, 0.1) is 0 Å². The Morgan fingerprint density at radius 2 is 1.86 bits per heavy atom. The number of carbonyl (C=O) groups is 1. The summed E-state index contributed by atoms with van der Waals surface area (Å²) in [5, 5.41) is 17.6. The van der Waals surface area contributed by atoms with Crippen molar-refractivity contribution in [3.63, 3.8) is 0 Å². The molecule has 0 atom stereocenters. The predicted octanol–water partition coefficient (Wildman–Crippen LogP) is -0.101. The molecule has 0 saturated heterocycles. The van der Waals surface area contributed by atoms with E-state index in [-0.39, 0.29) is 6.54 Å². The fourth-order valence-electron chi connectivity index (χ4n) is 1.000. The molecule has 0 aromatic rings. The molecule has 0 aliphatic carbocycles. The number of carboxylic acid groups (broad SMARTS) is 1. The van der Waals surface area contributed by atoms with Crippen LogP contribution in [0.5, 0.6) is 0 Å². The first-order valence-electron chi connectivity index (χ1n) is 4.41. The van der Waals surface area contributed by atoms with Gasteiger partial charge in [-0.2, -0.15) is 0 Å². The Kier molecular flexibility index (Phi) is 7.13. The van der Waals surface area contributed by atoms with Crippen molar-refractivity contribution in [2.24, 2.45) is 0 Å². The molecule has 0 saturated carbocycles. The van der Waals surface area contributed by atoms with E-state index in [1.165, 1.54) is 0 Å². The van der Waals surface area contributed by atoms with Gasteiger partial charge in [-0.3, -0.25) is 20.7 Å². The van der Waals surface area contributed by atoms with Crippen molar-refractivity contribution in [2.75, 3.05) is 19.6 Å². The highest BCUT2D eigenvalue weighted by Crippen LogP contribution is 2.12. The number of hydrogen-bond donors (Lipinski definition) is 4. The predicted molar refractivity (Wildman–Crippen MR) is 60.0 cm³/mol. The van der Waals surface area contributed by atoms with Crippen molar-refractivity contribution < 1.29 is 9.90 Å². The van der Waals surface area contributed by atoms with E-state index in [2.05, 4.69) is 16.0 Å². The largest absolute Gasteiger partial charge is 0.480 e. The zero-order chi connectivity index (χ0) is 11.0. The van der Waals surface area contributed by atoms with Gasteiger partial charge in [-0.25, -0.2) is 0 Å². The maximum atomic E-state index is 10.4. The molecule has 0 fully saturated rings. The standard InChI is InChI=1S/C7H16N3O2PS/c1-3-8-7(13-14,9-4-2)10-5-6(11)12/h8-10H,3-5H2,1-2H3,(H,11,12). The van der Waals surface area contributed by atoms with Gasteiger partial charge in [-0.1, -0.05) is 25.7 Å². The van der Waals surface area contributed by atoms with Crippen LogP contribution in [0.2, 0.25) is 0 Å². The third kappa shape index (κ3) is 4.93. The molecular weight excluding hydrogens is 221 g/mol. The van der Waals surface area contributed by atoms with E-state index in [9.17, 15) is 4.79 Å². The first-order valence-corrected chi connectivity index (χ1v) is 6.32. The second kappa shape index (κ2) is 7.20. The monoisotopic (exact) mass is 237 g/mol. The smallest absolute Gasteiger partial charge is 0.317 e. The molecule has 82 valence electrons. The highest BCUT2D eigenvalue weighted by atomic mass is 32.4. The lowest BCUT2D eigenvalue weighted by Gasteiger charge is -2.30. The third-order valence-electron chi connectivity index (χ3n) is 1.50. The molecule has 0 amide bonds. The van der Waals surface area contributed by atoms with Gasteiger partial charge in [0, 0.05) is 7.36 Å². The lowest BCUT2D eigenvalue weighted by Crippen LogP contribution is -2.63. The summed E-state index contributed by atoms with van der Waals surface area (Å²) >= 11 is 4.96. The number of nitrogens with one attached hydrogen (secondary N) is 3. The molecule has 5 nitrogen and oxygen atoms in total. The summed E-state index contributed by atoms with van der Waals surface area (Å²) in [5.74, 6) is -0.899. The van der Waals surface area contributed by atoms with Crippen molar-refractivity contribution in [1.82, 2.24) is 16.0 Å². The third-order valence-corrected chi connectivity index (χ3v) is 3.07. The Labute approximate surface area is 90.5 Å². The Balaban J connectivity index is 4.31. The summed E-state index contributed by atoms with van der Waals surface area (Å²) in [6.07, 6.45) is 0. The van der Waals surface area contributed by atoms with Crippen molar-refractivity contribution in [2.45, 2.75) is 19.4 Å². The lowest BCUT2D eigenvalue weighted by atomic mass is 10.5. The Morgan fingerprint density at radius 1 is 1.36 bits per heavy atom. The number of carboxylic acids is 1. The summed E-state index contributed by atoms with van der Waals surface area (Å²) in [5.41, 5.74) is -0.669. The molecule has 4 N–H and O–H groups in total. The topological polar surface area (TPSA) is 73.4 Å². The summed E-state index contributed by atoms with van der Waals surface area (Å²) < 4.78 is 0. The molecule has 0 rings (SSSR count). The summed E-state index contributed by atoms with van der Waals surface area (Å²) in [4.78, 5) is 10.4. The number of rotatable bonds is 8. The quantitative estimate of drug-likeness (QED) is 0.349. The van der Waals surface area contributed by atoms with E-state index in [4.69, 9.17) is 16.9 Å². The van der Waals surface area contributed by atoms with Gasteiger partial charge in [-0.15, -0.1) is 0 Å². The minimum absolute atomic E-state index is 0.121. The van der Waals surface area contributed by atoms with Gasteiger partial charge in [0.05, 0.1) is 6.54 Å². The normalized spacial score (nSPS) is 11.9. The van der Waals surface area contributed by atoms with Crippen LogP contribution in [-0.4, -0.2) is 36.2 Å². The molecule has 0 heterocycles. The summed E-state index contributed by atoms with van der Waals surface area (Å²) in [6.45, 7) is 5.18. The lowest BCUT2D eigenvalue weighted by molar-refractivity contribution is -0.136. The van der Waals surface area contributed by atoms with Crippen molar-refractivity contribution in [3.05, 3.63) is 0 Å². The second-order valence-corrected chi connectivity index (χ2v) is 4.01. The van der Waals surface area contributed by atoms with Crippen LogP contribution in [0.1, 0.15) is 13.8 Å². The van der Waals surface area contributed by atoms with Crippen LogP contribution in [0.25, 0.3) is 0 Å².